The second-order valence-electron chi connectivity index (χ2n) is 6.09. The minimum absolute atomic E-state index is 0.00325. The minimum Gasteiger partial charge on any atom is -0.504 e. The van der Waals surface area contributed by atoms with Crippen molar-refractivity contribution < 1.29 is 28.8 Å². The molecule has 0 amide bonds. The maximum atomic E-state index is 12.4. The molecule has 0 radical (unpaired) electrons. The molecule has 0 atom stereocenters. The first kappa shape index (κ1) is 18.6. The minimum atomic E-state index is -0.00594. The number of allylic oxidation sites excluding steroid dienone is 1. The van der Waals surface area contributed by atoms with Gasteiger partial charge in [0.15, 0.2) is 28.8 Å². The number of phenols is 1. The molecular weight excluding hydrogens is 348 g/mol. The normalized spacial score (nSPS) is 13.3. The molecule has 6 nitrogen and oxygen atoms in total. The van der Waals surface area contributed by atoms with Crippen LogP contribution in [0.25, 0.3) is 5.57 Å². The number of fused-ring (bicyclic) bond motifs is 1. The Morgan fingerprint density at radius 3 is 2.15 bits per heavy atom. The van der Waals surface area contributed by atoms with Gasteiger partial charge >= 0.3 is 0 Å². The summed E-state index contributed by atoms with van der Waals surface area (Å²) in [4.78, 5) is 12.4. The van der Waals surface area contributed by atoms with Crippen LogP contribution in [0, 0.1) is 0 Å². The molecule has 0 heterocycles. The van der Waals surface area contributed by atoms with E-state index in [9.17, 15) is 9.90 Å². The highest BCUT2D eigenvalue weighted by Gasteiger charge is 2.27. The third-order valence-electron chi connectivity index (χ3n) is 4.62. The number of hydrogen-bond donors (Lipinski definition) is 1. The molecule has 0 unspecified atom stereocenters. The van der Waals surface area contributed by atoms with Crippen LogP contribution in [0.4, 0.5) is 0 Å². The van der Waals surface area contributed by atoms with E-state index in [-0.39, 0.29) is 11.5 Å². The molecule has 0 saturated carbocycles. The number of aryl methyl sites for hydroxylation is 1. The van der Waals surface area contributed by atoms with E-state index in [1.165, 1.54) is 14.2 Å². The number of aromatic hydroxyl groups is 1. The molecule has 0 fully saturated rings. The molecule has 1 aliphatic rings. The molecule has 2 aromatic carbocycles. The van der Waals surface area contributed by atoms with Gasteiger partial charge in [0, 0.05) is 12.0 Å². The average molecular weight is 370 g/mol. The number of rotatable bonds is 5. The predicted octanol–water partition coefficient (Wildman–Crippen LogP) is 3.37. The van der Waals surface area contributed by atoms with Crippen LogP contribution in [-0.4, -0.2) is 39.3 Å². The summed E-state index contributed by atoms with van der Waals surface area (Å²) in [7, 11) is 6.13. The summed E-state index contributed by atoms with van der Waals surface area (Å²) in [6.45, 7) is 0. The third-order valence-corrected chi connectivity index (χ3v) is 4.62. The van der Waals surface area contributed by atoms with Crippen molar-refractivity contribution in [2.24, 2.45) is 0 Å². The largest absolute Gasteiger partial charge is 0.504 e. The second-order valence-corrected chi connectivity index (χ2v) is 6.09. The lowest BCUT2D eigenvalue weighted by Gasteiger charge is -2.20. The van der Waals surface area contributed by atoms with E-state index in [1.54, 1.807) is 38.5 Å². The smallest absolute Gasteiger partial charge is 0.203 e. The fourth-order valence-corrected chi connectivity index (χ4v) is 3.35. The molecule has 2 aromatic rings. The van der Waals surface area contributed by atoms with Gasteiger partial charge in [-0.2, -0.15) is 0 Å². The van der Waals surface area contributed by atoms with Gasteiger partial charge in [-0.3, -0.25) is 4.79 Å². The summed E-state index contributed by atoms with van der Waals surface area (Å²) in [5.41, 5.74) is 3.00. The summed E-state index contributed by atoms with van der Waals surface area (Å²) < 4.78 is 21.7. The summed E-state index contributed by atoms with van der Waals surface area (Å²) in [5, 5.41) is 10.2. The Kier molecular flexibility index (Phi) is 5.26. The molecule has 1 aliphatic carbocycles. The van der Waals surface area contributed by atoms with Crippen LogP contribution in [0.1, 0.15) is 23.1 Å². The zero-order valence-electron chi connectivity index (χ0n) is 15.8. The number of hydrogen-bond acceptors (Lipinski definition) is 6. The fourth-order valence-electron chi connectivity index (χ4n) is 3.35. The Bertz CT molecular complexity index is 913. The van der Waals surface area contributed by atoms with Crippen LogP contribution >= 0.6 is 0 Å². The highest BCUT2D eigenvalue weighted by molar-refractivity contribution is 6.03. The Balaban J connectivity index is 2.30. The number of carbonyl (C=O) groups excluding carboxylic acids is 1. The lowest BCUT2D eigenvalue weighted by atomic mass is 9.92. The van der Waals surface area contributed by atoms with Gasteiger partial charge in [-0.15, -0.1) is 0 Å². The molecule has 0 saturated heterocycles. The fraction of sp³-hybridized carbons (Fsp3) is 0.286. The molecule has 0 bridgehead atoms. The van der Waals surface area contributed by atoms with E-state index >= 15 is 0 Å². The topological polar surface area (TPSA) is 74.2 Å². The monoisotopic (exact) mass is 370 g/mol. The van der Waals surface area contributed by atoms with Crippen LogP contribution in [0.5, 0.6) is 28.7 Å². The van der Waals surface area contributed by atoms with Crippen LogP contribution in [-0.2, 0) is 11.2 Å². The van der Waals surface area contributed by atoms with Gasteiger partial charge < -0.3 is 24.1 Å². The molecule has 3 rings (SSSR count). The zero-order chi connectivity index (χ0) is 19.6. The lowest BCUT2D eigenvalue weighted by Crippen LogP contribution is -2.03. The van der Waals surface area contributed by atoms with E-state index < -0.39 is 0 Å². The van der Waals surface area contributed by atoms with Crippen LogP contribution in [0.15, 0.2) is 30.3 Å². The Morgan fingerprint density at radius 1 is 0.852 bits per heavy atom. The second kappa shape index (κ2) is 7.61. The summed E-state index contributed by atoms with van der Waals surface area (Å²) in [6, 6.07) is 6.90. The van der Waals surface area contributed by atoms with Gasteiger partial charge in [-0.25, -0.2) is 0 Å². The van der Waals surface area contributed by atoms with Gasteiger partial charge in [0.2, 0.25) is 5.75 Å². The first-order chi connectivity index (χ1) is 13.0. The maximum absolute atomic E-state index is 12.4. The highest BCUT2D eigenvalue weighted by atomic mass is 16.5. The maximum Gasteiger partial charge on any atom is 0.203 e. The number of ether oxygens (including phenoxy) is 4. The van der Waals surface area contributed by atoms with Crippen molar-refractivity contribution in [3.8, 4) is 28.7 Å². The van der Waals surface area contributed by atoms with Gasteiger partial charge in [0.25, 0.3) is 0 Å². The van der Waals surface area contributed by atoms with Gasteiger partial charge in [-0.05, 0) is 47.4 Å². The number of benzene rings is 2. The first-order valence-electron chi connectivity index (χ1n) is 8.48. The first-order valence-corrected chi connectivity index (χ1v) is 8.48. The van der Waals surface area contributed by atoms with Crippen molar-refractivity contribution in [3.05, 3.63) is 47.0 Å². The molecular formula is C21H22O6. The van der Waals surface area contributed by atoms with E-state index in [2.05, 4.69) is 0 Å². The Morgan fingerprint density at radius 2 is 1.56 bits per heavy atom. The van der Waals surface area contributed by atoms with Crippen molar-refractivity contribution in [2.75, 3.05) is 28.4 Å². The lowest BCUT2D eigenvalue weighted by molar-refractivity contribution is -0.114. The summed E-state index contributed by atoms with van der Waals surface area (Å²) >= 11 is 0. The molecule has 0 aromatic heterocycles. The molecule has 0 spiro atoms. The molecule has 6 heteroatoms. The number of phenolic OH excluding ortho intramolecular Hbond substituents is 1. The van der Waals surface area contributed by atoms with Crippen molar-refractivity contribution >= 4 is 11.4 Å². The van der Waals surface area contributed by atoms with Crippen molar-refractivity contribution in [2.45, 2.75) is 12.8 Å². The van der Waals surface area contributed by atoms with Gasteiger partial charge in [0.05, 0.1) is 28.4 Å². The van der Waals surface area contributed by atoms with Crippen LogP contribution < -0.4 is 18.9 Å². The SMILES string of the molecule is COc1ccc(C2=CC(=O)CCc3cc(OC)c(OC)c(OC)c32)cc1O. The molecule has 142 valence electrons. The van der Waals surface area contributed by atoms with Crippen LogP contribution in [0.2, 0.25) is 0 Å². The number of methoxy groups -OCH3 is 4. The van der Waals surface area contributed by atoms with Crippen molar-refractivity contribution in [3.63, 3.8) is 0 Å². The third kappa shape index (κ3) is 3.30. The van der Waals surface area contributed by atoms with E-state index in [0.717, 1.165) is 11.1 Å². The van der Waals surface area contributed by atoms with Gasteiger partial charge in [-0.1, -0.05) is 6.07 Å². The van der Waals surface area contributed by atoms with Crippen molar-refractivity contribution in [1.29, 1.82) is 0 Å². The quantitative estimate of drug-likeness (QED) is 0.870. The number of ketones is 1. The van der Waals surface area contributed by atoms with E-state index in [4.69, 9.17) is 18.9 Å². The van der Waals surface area contributed by atoms with Crippen LogP contribution in [0.3, 0.4) is 0 Å². The Labute approximate surface area is 157 Å². The molecule has 1 N–H and O–H groups in total. The summed E-state index contributed by atoms with van der Waals surface area (Å²) in [5.74, 6) is 1.84. The van der Waals surface area contributed by atoms with Crippen molar-refractivity contribution in [1.82, 2.24) is 0 Å². The predicted molar refractivity (Wildman–Crippen MR) is 101 cm³/mol. The molecule has 27 heavy (non-hydrogen) atoms. The average Bonchev–Trinajstić information content (AvgIpc) is 2.85. The van der Waals surface area contributed by atoms with Gasteiger partial charge in [0.1, 0.15) is 0 Å². The molecule has 0 aliphatic heterocycles. The summed E-state index contributed by atoms with van der Waals surface area (Å²) in [6.07, 6.45) is 2.51. The van der Waals surface area contributed by atoms with E-state index in [0.29, 0.717) is 47.0 Å². The Hall–Kier alpha value is -3.15. The number of carbonyl (C=O) groups is 1. The standard InChI is InChI=1S/C21H22O6/c1-24-17-8-6-12(9-16(17)23)15-11-14(22)7-5-13-10-18(25-2)20(26-3)21(27-4)19(13)15/h6,8-11,23H,5,7H2,1-4H3. The zero-order valence-corrected chi connectivity index (χ0v) is 15.8. The van der Waals surface area contributed by atoms with E-state index in [1.807, 2.05) is 6.07 Å². The highest BCUT2D eigenvalue weighted by Crippen LogP contribution is 2.48.